The average molecular weight is 721 g/mol. The molecule has 1 aromatic heterocycles. The van der Waals surface area contributed by atoms with Gasteiger partial charge in [0.2, 0.25) is 0 Å². The van der Waals surface area contributed by atoms with Crippen LogP contribution < -0.4 is 5.73 Å². The van der Waals surface area contributed by atoms with Crippen molar-refractivity contribution in [2.75, 3.05) is 0 Å². The molecular weight excluding hydrogens is 685 g/mol. The predicted octanol–water partition coefficient (Wildman–Crippen LogP) is 13.8. The third kappa shape index (κ3) is 5.96. The van der Waals surface area contributed by atoms with Crippen LogP contribution in [0.3, 0.4) is 0 Å². The summed E-state index contributed by atoms with van der Waals surface area (Å²) in [6.07, 6.45) is 2.94. The first-order chi connectivity index (χ1) is 27.2. The van der Waals surface area contributed by atoms with Gasteiger partial charge in [-0.05, 0) is 90.3 Å². The first kappa shape index (κ1) is 32.8. The van der Waals surface area contributed by atoms with Crippen molar-refractivity contribution in [2.24, 2.45) is 10.7 Å². The van der Waals surface area contributed by atoms with Crippen molar-refractivity contribution in [3.05, 3.63) is 211 Å². The highest BCUT2D eigenvalue weighted by Gasteiger charge is 2.19. The maximum Gasteiger partial charge on any atom is 0.131 e. The first-order valence-electron chi connectivity index (χ1n) is 18.7. The smallest absolute Gasteiger partial charge is 0.131 e. The Bertz CT molecular complexity index is 3100. The number of nitrogens with zero attached hydrogens (tertiary/aromatic N) is 1. The maximum absolute atomic E-state index is 6.70. The number of thiophene rings is 1. The lowest BCUT2D eigenvalue weighted by Crippen LogP contribution is -2.13. The van der Waals surface area contributed by atoms with Gasteiger partial charge in [0.05, 0.1) is 5.70 Å². The number of rotatable bonds is 7. The van der Waals surface area contributed by atoms with Crippen molar-refractivity contribution >= 4 is 75.4 Å². The van der Waals surface area contributed by atoms with Crippen LogP contribution in [0.25, 0.3) is 80.4 Å². The second-order valence-electron chi connectivity index (χ2n) is 14.0. The van der Waals surface area contributed by atoms with Gasteiger partial charge in [-0.2, -0.15) is 0 Å². The lowest BCUT2D eigenvalue weighted by atomic mass is 9.84. The van der Waals surface area contributed by atoms with E-state index in [1.165, 1.54) is 74.7 Å². The summed E-state index contributed by atoms with van der Waals surface area (Å²) in [5, 5.41) is 10.1. The topological polar surface area (TPSA) is 38.4 Å². The molecule has 0 saturated heterocycles. The molecule has 0 unspecified atom stereocenters. The summed E-state index contributed by atoms with van der Waals surface area (Å²) >= 11 is 1.84. The first-order valence-corrected chi connectivity index (χ1v) is 19.5. The summed E-state index contributed by atoms with van der Waals surface area (Å²) in [5.74, 6) is 0.496. The second-order valence-corrected chi connectivity index (χ2v) is 15.1. The van der Waals surface area contributed by atoms with Gasteiger partial charge in [-0.25, -0.2) is 4.99 Å². The minimum Gasteiger partial charge on any atom is -0.383 e. The highest BCUT2D eigenvalue weighted by atomic mass is 32.1. The van der Waals surface area contributed by atoms with Crippen molar-refractivity contribution in [1.82, 2.24) is 0 Å². The van der Waals surface area contributed by atoms with Gasteiger partial charge in [0, 0.05) is 25.7 Å². The van der Waals surface area contributed by atoms with E-state index in [2.05, 4.69) is 164 Å². The Labute approximate surface area is 324 Å². The minimum atomic E-state index is 0.496. The molecule has 2 N–H and O–H groups in total. The molecule has 9 aromatic carbocycles. The van der Waals surface area contributed by atoms with E-state index in [0.717, 1.165) is 28.8 Å². The summed E-state index contributed by atoms with van der Waals surface area (Å²) in [4.78, 5) is 5.08. The molecular formula is C52H36N2S. The number of fused-ring (bicyclic) bond motifs is 7. The molecule has 0 aliphatic rings. The van der Waals surface area contributed by atoms with Gasteiger partial charge in [0.25, 0.3) is 0 Å². The van der Waals surface area contributed by atoms with E-state index in [1.54, 1.807) is 0 Å². The summed E-state index contributed by atoms with van der Waals surface area (Å²) < 4.78 is 2.62. The molecule has 260 valence electrons. The molecule has 0 fully saturated rings. The molecule has 0 aliphatic carbocycles. The van der Waals surface area contributed by atoms with Crippen molar-refractivity contribution in [3.63, 3.8) is 0 Å². The Kier molecular flexibility index (Phi) is 8.28. The van der Waals surface area contributed by atoms with Gasteiger partial charge in [0.15, 0.2) is 0 Å². The van der Waals surface area contributed by atoms with Gasteiger partial charge in [0.1, 0.15) is 5.84 Å². The summed E-state index contributed by atoms with van der Waals surface area (Å²) in [7, 11) is 0. The zero-order valence-corrected chi connectivity index (χ0v) is 30.9. The maximum atomic E-state index is 6.70. The fourth-order valence-electron chi connectivity index (χ4n) is 8.12. The van der Waals surface area contributed by atoms with Crippen LogP contribution in [0.5, 0.6) is 0 Å². The van der Waals surface area contributed by atoms with Crippen molar-refractivity contribution < 1.29 is 0 Å². The van der Waals surface area contributed by atoms with Gasteiger partial charge < -0.3 is 5.73 Å². The Morgan fingerprint density at radius 1 is 0.473 bits per heavy atom. The fourth-order valence-corrected chi connectivity index (χ4v) is 9.20. The molecule has 10 rings (SSSR count). The van der Waals surface area contributed by atoms with Crippen LogP contribution in [-0.2, 0) is 6.42 Å². The SMILES string of the molecule is NC(=N/C(=C\Cc1ccc2sc3ccccc3c2c1)c1ccc(-c2c3ccccc3c(-c3ccccc3)c3ccc4ccccc4c23)cc1)c1ccccc1. The highest BCUT2D eigenvalue weighted by Crippen LogP contribution is 2.46. The number of aliphatic imine (C=N–C) groups is 1. The van der Waals surface area contributed by atoms with Crippen molar-refractivity contribution in [1.29, 1.82) is 0 Å². The van der Waals surface area contributed by atoms with Crippen LogP contribution >= 0.6 is 11.3 Å². The number of benzene rings is 9. The zero-order chi connectivity index (χ0) is 36.7. The molecule has 0 aliphatic heterocycles. The molecule has 0 atom stereocenters. The molecule has 2 nitrogen and oxygen atoms in total. The Morgan fingerprint density at radius 2 is 1.09 bits per heavy atom. The van der Waals surface area contributed by atoms with E-state index < -0.39 is 0 Å². The monoisotopic (exact) mass is 720 g/mol. The summed E-state index contributed by atoms with van der Waals surface area (Å²) in [6, 6.07) is 67.4. The average Bonchev–Trinajstić information content (AvgIpc) is 3.63. The Balaban J connectivity index is 1.13. The highest BCUT2D eigenvalue weighted by molar-refractivity contribution is 7.25. The standard InChI is InChI=1S/C52H36N2S/c53-52(39-16-5-2-6-17-39)54-46(31-23-34-24-32-48-45(33-34)41-19-11-12-22-47(41)55-48)36-25-27-38(28-26-36)50-43-21-10-9-20-42(43)49(37-14-3-1-4-15-37)44-30-29-35-13-7-8-18-40(35)51(44)50/h1-22,24-33H,23H2,(H2,53,54)/b46-31-. The predicted molar refractivity (Wildman–Crippen MR) is 238 cm³/mol. The van der Waals surface area contributed by atoms with E-state index in [-0.39, 0.29) is 0 Å². The molecule has 0 amide bonds. The number of nitrogens with two attached hydrogens (primary N) is 1. The largest absolute Gasteiger partial charge is 0.383 e. The number of hydrogen-bond donors (Lipinski definition) is 1. The van der Waals surface area contributed by atoms with Crippen LogP contribution in [-0.4, -0.2) is 5.84 Å². The third-order valence-electron chi connectivity index (χ3n) is 10.7. The quantitative estimate of drug-likeness (QED) is 0.0757. The molecule has 0 saturated carbocycles. The van der Waals surface area contributed by atoms with Crippen LogP contribution in [0.15, 0.2) is 199 Å². The number of amidine groups is 1. The van der Waals surface area contributed by atoms with Gasteiger partial charge >= 0.3 is 0 Å². The molecule has 0 radical (unpaired) electrons. The zero-order valence-electron chi connectivity index (χ0n) is 30.1. The molecule has 1 heterocycles. The van der Waals surface area contributed by atoms with Crippen LogP contribution in [0.4, 0.5) is 0 Å². The van der Waals surface area contributed by atoms with Crippen molar-refractivity contribution in [3.8, 4) is 22.3 Å². The Hall–Kier alpha value is -6.81. The minimum absolute atomic E-state index is 0.496. The number of allylic oxidation sites excluding steroid dienone is 1. The number of hydrogen-bond acceptors (Lipinski definition) is 2. The lowest BCUT2D eigenvalue weighted by molar-refractivity contribution is 1.27. The Morgan fingerprint density at radius 3 is 1.87 bits per heavy atom. The van der Waals surface area contributed by atoms with Crippen molar-refractivity contribution in [2.45, 2.75) is 6.42 Å². The van der Waals surface area contributed by atoms with E-state index in [0.29, 0.717) is 5.84 Å². The molecule has 55 heavy (non-hydrogen) atoms. The van der Waals surface area contributed by atoms with Gasteiger partial charge in [-0.15, -0.1) is 11.3 Å². The van der Waals surface area contributed by atoms with E-state index >= 15 is 0 Å². The van der Waals surface area contributed by atoms with Gasteiger partial charge in [-0.3, -0.25) is 0 Å². The molecule has 0 spiro atoms. The van der Waals surface area contributed by atoms with Crippen LogP contribution in [0.1, 0.15) is 16.7 Å². The fraction of sp³-hybridized carbons (Fsp3) is 0.0192. The lowest BCUT2D eigenvalue weighted by Gasteiger charge is -2.19. The molecule has 3 heteroatoms. The van der Waals surface area contributed by atoms with Crippen LogP contribution in [0, 0.1) is 0 Å². The normalized spacial score (nSPS) is 12.4. The van der Waals surface area contributed by atoms with E-state index in [1.807, 2.05) is 41.7 Å². The summed E-state index contributed by atoms with van der Waals surface area (Å²) in [5.41, 5.74) is 15.6. The molecule has 10 aromatic rings. The third-order valence-corrected chi connectivity index (χ3v) is 11.9. The van der Waals surface area contributed by atoms with Crippen LogP contribution in [0.2, 0.25) is 0 Å². The molecule has 0 bridgehead atoms. The van der Waals surface area contributed by atoms with Gasteiger partial charge in [-0.1, -0.05) is 176 Å². The van der Waals surface area contributed by atoms with E-state index in [4.69, 9.17) is 10.7 Å². The second kappa shape index (κ2) is 13.9. The summed E-state index contributed by atoms with van der Waals surface area (Å²) in [6.45, 7) is 0. The van der Waals surface area contributed by atoms with E-state index in [9.17, 15) is 0 Å².